The van der Waals surface area contributed by atoms with Crippen molar-refractivity contribution in [2.24, 2.45) is 0 Å². The predicted octanol–water partition coefficient (Wildman–Crippen LogP) is 4.51. The molecule has 2 aromatic rings. The van der Waals surface area contributed by atoms with Gasteiger partial charge in [-0.25, -0.2) is 4.39 Å². The molecule has 0 nitrogen and oxygen atoms in total. The summed E-state index contributed by atoms with van der Waals surface area (Å²) in [5.41, 5.74) is -1.01. The SMILES string of the molecule is Fc1ccccc1-c1ccccc1C(F)(F)F. The summed E-state index contributed by atoms with van der Waals surface area (Å²) in [5, 5.41) is 0. The zero-order chi connectivity index (χ0) is 12.5. The molecule has 0 amide bonds. The van der Waals surface area contributed by atoms with Crippen molar-refractivity contribution in [3.05, 3.63) is 59.9 Å². The van der Waals surface area contributed by atoms with E-state index in [0.29, 0.717) is 0 Å². The molecule has 0 bridgehead atoms. The van der Waals surface area contributed by atoms with Crippen LogP contribution in [-0.4, -0.2) is 0 Å². The Morgan fingerprint density at radius 2 is 1.24 bits per heavy atom. The lowest BCUT2D eigenvalue weighted by Gasteiger charge is -2.13. The van der Waals surface area contributed by atoms with Gasteiger partial charge in [-0.15, -0.1) is 0 Å². The molecule has 0 N–H and O–H groups in total. The lowest BCUT2D eigenvalue weighted by Crippen LogP contribution is -2.07. The van der Waals surface area contributed by atoms with E-state index in [1.165, 1.54) is 36.4 Å². The Hall–Kier alpha value is -1.84. The molecule has 0 aromatic heterocycles. The Bertz CT molecular complexity index is 529. The molecule has 0 saturated heterocycles. The van der Waals surface area contributed by atoms with Crippen molar-refractivity contribution in [2.75, 3.05) is 0 Å². The molecule has 0 saturated carbocycles. The molecular weight excluding hydrogens is 232 g/mol. The molecule has 17 heavy (non-hydrogen) atoms. The van der Waals surface area contributed by atoms with Gasteiger partial charge in [0.25, 0.3) is 0 Å². The average Bonchev–Trinajstić information content (AvgIpc) is 2.28. The third-order valence-electron chi connectivity index (χ3n) is 2.40. The van der Waals surface area contributed by atoms with E-state index in [1.807, 2.05) is 0 Å². The molecule has 0 aliphatic rings. The number of hydrogen-bond acceptors (Lipinski definition) is 0. The second-order valence-corrected chi connectivity index (χ2v) is 3.52. The van der Waals surface area contributed by atoms with Crippen LogP contribution in [0.5, 0.6) is 0 Å². The van der Waals surface area contributed by atoms with Crippen molar-refractivity contribution < 1.29 is 17.6 Å². The lowest BCUT2D eigenvalue weighted by molar-refractivity contribution is -0.137. The van der Waals surface area contributed by atoms with Crippen LogP contribution in [0.25, 0.3) is 11.1 Å². The van der Waals surface area contributed by atoms with Crippen LogP contribution in [-0.2, 0) is 6.18 Å². The van der Waals surface area contributed by atoms with E-state index in [-0.39, 0.29) is 11.1 Å². The van der Waals surface area contributed by atoms with Crippen molar-refractivity contribution in [2.45, 2.75) is 6.18 Å². The minimum absolute atomic E-state index is 0.0413. The van der Waals surface area contributed by atoms with Gasteiger partial charge < -0.3 is 0 Å². The van der Waals surface area contributed by atoms with E-state index < -0.39 is 17.6 Å². The van der Waals surface area contributed by atoms with E-state index in [0.717, 1.165) is 12.1 Å². The molecule has 2 rings (SSSR count). The van der Waals surface area contributed by atoms with Crippen molar-refractivity contribution in [3.8, 4) is 11.1 Å². The maximum atomic E-state index is 13.5. The highest BCUT2D eigenvalue weighted by molar-refractivity contribution is 5.68. The topological polar surface area (TPSA) is 0 Å². The molecule has 88 valence electrons. The summed E-state index contributed by atoms with van der Waals surface area (Å²) in [6, 6.07) is 10.4. The van der Waals surface area contributed by atoms with Crippen molar-refractivity contribution in [3.63, 3.8) is 0 Å². The number of halogens is 4. The molecule has 0 heterocycles. The molecule has 0 unspecified atom stereocenters. The maximum Gasteiger partial charge on any atom is 0.417 e. The molecule has 4 heteroatoms. The number of alkyl halides is 3. The highest BCUT2D eigenvalue weighted by Gasteiger charge is 2.33. The van der Waals surface area contributed by atoms with Gasteiger partial charge in [-0.2, -0.15) is 13.2 Å². The fraction of sp³-hybridized carbons (Fsp3) is 0.0769. The molecular formula is C13H8F4. The number of hydrogen-bond donors (Lipinski definition) is 0. The van der Waals surface area contributed by atoms with E-state index in [4.69, 9.17) is 0 Å². The maximum absolute atomic E-state index is 13.5. The van der Waals surface area contributed by atoms with Crippen LogP contribution in [0.4, 0.5) is 17.6 Å². The van der Waals surface area contributed by atoms with Crippen LogP contribution >= 0.6 is 0 Å². The summed E-state index contributed by atoms with van der Waals surface area (Å²) in [6.45, 7) is 0. The standard InChI is InChI=1S/C13H8F4/c14-12-8-4-2-6-10(12)9-5-1-3-7-11(9)13(15,16)17/h1-8H. The Morgan fingerprint density at radius 1 is 0.706 bits per heavy atom. The summed E-state index contributed by atoms with van der Waals surface area (Å²) in [6.07, 6.45) is -4.49. The lowest BCUT2D eigenvalue weighted by atomic mass is 9.99. The highest BCUT2D eigenvalue weighted by Crippen LogP contribution is 2.37. The van der Waals surface area contributed by atoms with Gasteiger partial charge in [0.2, 0.25) is 0 Å². The van der Waals surface area contributed by atoms with E-state index in [9.17, 15) is 17.6 Å². The Labute approximate surface area is 95.5 Å². The van der Waals surface area contributed by atoms with Crippen LogP contribution in [0.15, 0.2) is 48.5 Å². The van der Waals surface area contributed by atoms with Crippen molar-refractivity contribution in [1.29, 1.82) is 0 Å². The summed E-state index contributed by atoms with van der Waals surface area (Å²) in [4.78, 5) is 0. The van der Waals surface area contributed by atoms with E-state index >= 15 is 0 Å². The first-order valence-corrected chi connectivity index (χ1v) is 4.91. The predicted molar refractivity (Wildman–Crippen MR) is 56.8 cm³/mol. The van der Waals surface area contributed by atoms with Crippen LogP contribution in [0.1, 0.15) is 5.56 Å². The monoisotopic (exact) mass is 240 g/mol. The highest BCUT2D eigenvalue weighted by atomic mass is 19.4. The van der Waals surface area contributed by atoms with Gasteiger partial charge in [0.1, 0.15) is 5.82 Å². The van der Waals surface area contributed by atoms with Crippen LogP contribution in [0.3, 0.4) is 0 Å². The normalized spacial score (nSPS) is 11.5. The van der Waals surface area contributed by atoms with Gasteiger partial charge in [0.05, 0.1) is 5.56 Å². The first-order valence-electron chi connectivity index (χ1n) is 4.91. The minimum Gasteiger partial charge on any atom is -0.206 e. The van der Waals surface area contributed by atoms with Gasteiger partial charge in [-0.05, 0) is 17.7 Å². The zero-order valence-electron chi connectivity index (χ0n) is 8.63. The Morgan fingerprint density at radius 3 is 1.82 bits per heavy atom. The summed E-state index contributed by atoms with van der Waals surface area (Å²) >= 11 is 0. The second-order valence-electron chi connectivity index (χ2n) is 3.52. The number of rotatable bonds is 1. The Kier molecular flexibility index (Phi) is 2.88. The zero-order valence-corrected chi connectivity index (χ0v) is 8.63. The quantitative estimate of drug-likeness (QED) is 0.643. The van der Waals surface area contributed by atoms with E-state index in [2.05, 4.69) is 0 Å². The first kappa shape index (κ1) is 11.6. The summed E-state index contributed by atoms with van der Waals surface area (Å²) in [7, 11) is 0. The van der Waals surface area contributed by atoms with Gasteiger partial charge >= 0.3 is 6.18 Å². The molecule has 0 radical (unpaired) electrons. The van der Waals surface area contributed by atoms with Gasteiger partial charge in [-0.1, -0.05) is 36.4 Å². The van der Waals surface area contributed by atoms with Crippen LogP contribution in [0.2, 0.25) is 0 Å². The molecule has 0 aliphatic carbocycles. The fourth-order valence-corrected chi connectivity index (χ4v) is 1.64. The summed E-state index contributed by atoms with van der Waals surface area (Å²) in [5.74, 6) is -0.663. The number of benzene rings is 2. The average molecular weight is 240 g/mol. The fourth-order valence-electron chi connectivity index (χ4n) is 1.64. The third kappa shape index (κ3) is 2.30. The van der Waals surface area contributed by atoms with Gasteiger partial charge in [-0.3, -0.25) is 0 Å². The smallest absolute Gasteiger partial charge is 0.206 e. The molecule has 0 aliphatic heterocycles. The van der Waals surface area contributed by atoms with Gasteiger partial charge in [0, 0.05) is 5.56 Å². The third-order valence-corrected chi connectivity index (χ3v) is 2.40. The van der Waals surface area contributed by atoms with Crippen LogP contribution < -0.4 is 0 Å². The Balaban J connectivity index is 2.65. The molecule has 0 fully saturated rings. The van der Waals surface area contributed by atoms with Crippen LogP contribution in [0, 0.1) is 5.82 Å². The molecule has 0 spiro atoms. The van der Waals surface area contributed by atoms with E-state index in [1.54, 1.807) is 0 Å². The first-order chi connectivity index (χ1) is 8.00. The van der Waals surface area contributed by atoms with Gasteiger partial charge in [0.15, 0.2) is 0 Å². The molecule has 0 atom stereocenters. The largest absolute Gasteiger partial charge is 0.417 e. The van der Waals surface area contributed by atoms with Crippen molar-refractivity contribution in [1.82, 2.24) is 0 Å². The van der Waals surface area contributed by atoms with Crippen molar-refractivity contribution >= 4 is 0 Å². The second kappa shape index (κ2) is 4.20. The minimum atomic E-state index is -4.49. The summed E-state index contributed by atoms with van der Waals surface area (Å²) < 4.78 is 51.7. The molecule has 2 aromatic carbocycles.